The van der Waals surface area contributed by atoms with Gasteiger partial charge in [-0.25, -0.2) is 0 Å². The third kappa shape index (κ3) is 0.983. The van der Waals surface area contributed by atoms with E-state index in [1.165, 1.54) is 5.69 Å². The topological polar surface area (TPSA) is 25.2 Å². The van der Waals surface area contributed by atoms with Crippen LogP contribution in [0.25, 0.3) is 0 Å². The lowest BCUT2D eigenvalue weighted by molar-refractivity contribution is 0.226. The van der Waals surface area contributed by atoms with Crippen LogP contribution >= 0.6 is 0 Å². The van der Waals surface area contributed by atoms with Crippen LogP contribution in [0.1, 0.15) is 26.0 Å². The Labute approximate surface area is 79.2 Å². The highest BCUT2D eigenvalue weighted by molar-refractivity contribution is 5.33. The highest BCUT2D eigenvalue weighted by atomic mass is 16.3. The van der Waals surface area contributed by atoms with Gasteiger partial charge in [0.2, 0.25) is 0 Å². The Balaban J connectivity index is 2.41. The first-order valence-electron chi connectivity index (χ1n) is 4.76. The van der Waals surface area contributed by atoms with Crippen molar-refractivity contribution in [2.45, 2.75) is 25.7 Å². The number of nitrogens with zero attached hydrogens (tertiary/aromatic N) is 1. The predicted molar refractivity (Wildman–Crippen MR) is 52.6 cm³/mol. The van der Waals surface area contributed by atoms with E-state index in [1.807, 2.05) is 19.3 Å². The van der Waals surface area contributed by atoms with E-state index in [-0.39, 0.29) is 17.4 Å². The zero-order valence-corrected chi connectivity index (χ0v) is 8.54. The van der Waals surface area contributed by atoms with Crippen LogP contribution in [0.5, 0.6) is 0 Å². The molecule has 72 valence electrons. The van der Waals surface area contributed by atoms with Crippen molar-refractivity contribution >= 4 is 0 Å². The van der Waals surface area contributed by atoms with Gasteiger partial charge in [0, 0.05) is 24.4 Å². The minimum Gasteiger partial charge on any atom is -0.395 e. The zero-order valence-electron chi connectivity index (χ0n) is 8.54. The molecule has 1 atom stereocenters. The van der Waals surface area contributed by atoms with Gasteiger partial charge in [-0.1, -0.05) is 13.8 Å². The van der Waals surface area contributed by atoms with E-state index in [1.54, 1.807) is 0 Å². The maximum absolute atomic E-state index is 9.48. The van der Waals surface area contributed by atoms with Gasteiger partial charge in [-0.05, 0) is 24.0 Å². The fraction of sp³-hybridized carbons (Fsp3) is 0.636. The highest BCUT2D eigenvalue weighted by Gasteiger charge is 2.62. The molecule has 0 saturated heterocycles. The minimum atomic E-state index is 0.0191. The lowest BCUT2D eigenvalue weighted by atomic mass is 9.93. The van der Waals surface area contributed by atoms with Crippen LogP contribution in [0, 0.1) is 5.41 Å². The van der Waals surface area contributed by atoms with Gasteiger partial charge in [0.1, 0.15) is 0 Å². The molecule has 13 heavy (non-hydrogen) atoms. The van der Waals surface area contributed by atoms with E-state index in [4.69, 9.17) is 0 Å². The average Bonchev–Trinajstić information content (AvgIpc) is 2.43. The van der Waals surface area contributed by atoms with E-state index < -0.39 is 0 Å². The summed E-state index contributed by atoms with van der Waals surface area (Å²) in [5.74, 6) is 0. The lowest BCUT2D eigenvalue weighted by Gasteiger charge is -2.18. The number of rotatable bonds is 2. The molecule has 0 radical (unpaired) electrons. The van der Waals surface area contributed by atoms with Crippen LogP contribution in [0.2, 0.25) is 0 Å². The molecule has 1 aromatic heterocycles. The zero-order chi connectivity index (χ0) is 9.69. The van der Waals surface area contributed by atoms with Crippen molar-refractivity contribution in [3.8, 4) is 0 Å². The van der Waals surface area contributed by atoms with Crippen molar-refractivity contribution in [1.29, 1.82) is 0 Å². The molecular formula is C11H17NO. The standard InChI is InChI=1S/C11H17NO/c1-10(2)7-11(10,8-13)9-5-4-6-12(9)3/h4-6,13H,7-8H2,1-3H3. The second-order valence-electron chi connectivity index (χ2n) is 4.81. The smallest absolute Gasteiger partial charge is 0.0547 e. The third-order valence-electron chi connectivity index (χ3n) is 3.62. The van der Waals surface area contributed by atoms with Crippen molar-refractivity contribution in [1.82, 2.24) is 4.57 Å². The minimum absolute atomic E-state index is 0.0191. The van der Waals surface area contributed by atoms with Gasteiger partial charge in [0.05, 0.1) is 6.61 Å². The quantitative estimate of drug-likeness (QED) is 0.734. The average molecular weight is 179 g/mol. The van der Waals surface area contributed by atoms with E-state index in [2.05, 4.69) is 24.5 Å². The molecule has 0 bridgehead atoms. The molecule has 1 aliphatic carbocycles. The van der Waals surface area contributed by atoms with Crippen LogP contribution in [0.15, 0.2) is 18.3 Å². The number of aliphatic hydroxyl groups excluding tert-OH is 1. The van der Waals surface area contributed by atoms with Gasteiger partial charge < -0.3 is 9.67 Å². The summed E-state index contributed by atoms with van der Waals surface area (Å²) < 4.78 is 2.12. The van der Waals surface area contributed by atoms with Crippen LogP contribution in [0.4, 0.5) is 0 Å². The molecular weight excluding hydrogens is 162 g/mol. The van der Waals surface area contributed by atoms with Gasteiger partial charge in [0.15, 0.2) is 0 Å². The summed E-state index contributed by atoms with van der Waals surface area (Å²) in [4.78, 5) is 0. The van der Waals surface area contributed by atoms with Gasteiger partial charge in [-0.15, -0.1) is 0 Å². The maximum Gasteiger partial charge on any atom is 0.0547 e. The number of aliphatic hydroxyl groups is 1. The van der Waals surface area contributed by atoms with Crippen LogP contribution in [-0.4, -0.2) is 16.3 Å². The Morgan fingerprint density at radius 1 is 1.54 bits per heavy atom. The Kier molecular flexibility index (Phi) is 1.62. The van der Waals surface area contributed by atoms with E-state index in [9.17, 15) is 5.11 Å². The van der Waals surface area contributed by atoms with Crippen molar-refractivity contribution in [3.63, 3.8) is 0 Å². The normalized spacial score (nSPS) is 30.5. The summed E-state index contributed by atoms with van der Waals surface area (Å²) in [6.45, 7) is 4.70. The van der Waals surface area contributed by atoms with Crippen molar-refractivity contribution in [3.05, 3.63) is 24.0 Å². The molecule has 0 aliphatic heterocycles. The molecule has 1 aromatic rings. The summed E-state index contributed by atoms with van der Waals surface area (Å²) in [5, 5.41) is 9.48. The van der Waals surface area contributed by atoms with Gasteiger partial charge >= 0.3 is 0 Å². The molecule has 2 nitrogen and oxygen atoms in total. The van der Waals surface area contributed by atoms with Crippen LogP contribution in [-0.2, 0) is 12.5 Å². The molecule has 1 aliphatic rings. The van der Waals surface area contributed by atoms with Gasteiger partial charge in [-0.2, -0.15) is 0 Å². The Bertz CT molecular complexity index is 327. The maximum atomic E-state index is 9.48. The fourth-order valence-electron chi connectivity index (χ4n) is 2.46. The second kappa shape index (κ2) is 2.38. The molecule has 1 fully saturated rings. The van der Waals surface area contributed by atoms with E-state index >= 15 is 0 Å². The number of hydrogen-bond donors (Lipinski definition) is 1. The molecule has 1 heterocycles. The Morgan fingerprint density at radius 2 is 2.15 bits per heavy atom. The van der Waals surface area contributed by atoms with Crippen molar-refractivity contribution < 1.29 is 5.11 Å². The summed E-state index contributed by atoms with van der Waals surface area (Å²) in [6.07, 6.45) is 3.13. The van der Waals surface area contributed by atoms with Crippen LogP contribution < -0.4 is 0 Å². The second-order valence-corrected chi connectivity index (χ2v) is 4.81. The van der Waals surface area contributed by atoms with Crippen LogP contribution in [0.3, 0.4) is 0 Å². The summed E-state index contributed by atoms with van der Waals surface area (Å²) in [5.41, 5.74) is 1.54. The molecule has 1 saturated carbocycles. The number of aryl methyl sites for hydroxylation is 1. The molecule has 2 rings (SSSR count). The van der Waals surface area contributed by atoms with Gasteiger partial charge in [-0.3, -0.25) is 0 Å². The van der Waals surface area contributed by atoms with Crippen molar-refractivity contribution in [2.24, 2.45) is 12.5 Å². The molecule has 2 heteroatoms. The Hall–Kier alpha value is -0.760. The largest absolute Gasteiger partial charge is 0.395 e. The first-order chi connectivity index (χ1) is 6.03. The summed E-state index contributed by atoms with van der Waals surface area (Å²) in [6, 6.07) is 4.16. The van der Waals surface area contributed by atoms with Gasteiger partial charge in [0.25, 0.3) is 0 Å². The molecule has 1 N–H and O–H groups in total. The Morgan fingerprint density at radius 3 is 2.46 bits per heavy atom. The fourth-order valence-corrected chi connectivity index (χ4v) is 2.46. The third-order valence-corrected chi connectivity index (χ3v) is 3.62. The van der Waals surface area contributed by atoms with E-state index in [0.29, 0.717) is 0 Å². The highest BCUT2D eigenvalue weighted by Crippen LogP contribution is 2.63. The predicted octanol–water partition coefficient (Wildman–Crippen LogP) is 1.69. The molecule has 0 aromatic carbocycles. The SMILES string of the molecule is Cn1cccc1C1(CO)CC1(C)C. The molecule has 0 amide bonds. The number of aromatic nitrogens is 1. The first-order valence-corrected chi connectivity index (χ1v) is 4.76. The van der Waals surface area contributed by atoms with Crippen molar-refractivity contribution in [2.75, 3.05) is 6.61 Å². The number of hydrogen-bond acceptors (Lipinski definition) is 1. The monoisotopic (exact) mass is 179 g/mol. The molecule has 1 unspecified atom stereocenters. The molecule has 0 spiro atoms. The summed E-state index contributed by atoms with van der Waals surface area (Å²) >= 11 is 0. The first kappa shape index (κ1) is 8.82. The van der Waals surface area contributed by atoms with E-state index in [0.717, 1.165) is 6.42 Å². The lowest BCUT2D eigenvalue weighted by Crippen LogP contribution is -2.22. The summed E-state index contributed by atoms with van der Waals surface area (Å²) in [7, 11) is 2.04.